The summed E-state index contributed by atoms with van der Waals surface area (Å²) in [5, 5.41) is 2.80. The average Bonchev–Trinajstić information content (AvgIpc) is 2.89. The summed E-state index contributed by atoms with van der Waals surface area (Å²) in [6.07, 6.45) is 3.74. The molecule has 3 aromatic rings. The fraction of sp³-hybridized carbons (Fsp3) is 0.154. The Hall–Kier alpha value is -4.86. The molecule has 3 aromatic carbocycles. The van der Waals surface area contributed by atoms with Gasteiger partial charge in [0.1, 0.15) is 0 Å². The first-order valence-corrected chi connectivity index (χ1v) is 10.4. The number of ether oxygens (including phenoxy) is 6. The monoisotopic (exact) mass is 494 g/mol. The third-order valence-electron chi connectivity index (χ3n) is 4.94. The van der Waals surface area contributed by atoms with Gasteiger partial charge < -0.3 is 28.4 Å². The molecule has 0 aliphatic heterocycles. The second kappa shape index (κ2) is 11.5. The zero-order valence-corrected chi connectivity index (χ0v) is 19.9. The van der Waals surface area contributed by atoms with E-state index >= 15 is 0 Å². The second-order valence-electron chi connectivity index (χ2n) is 7.07. The van der Waals surface area contributed by atoms with Crippen molar-refractivity contribution < 1.29 is 47.6 Å². The van der Waals surface area contributed by atoms with Crippen molar-refractivity contribution in [3.05, 3.63) is 60.7 Å². The van der Waals surface area contributed by atoms with E-state index in [4.69, 9.17) is 18.9 Å². The third-order valence-corrected chi connectivity index (χ3v) is 4.94. The molecular weight excluding hydrogens is 472 g/mol. The first-order chi connectivity index (χ1) is 17.3. The highest BCUT2D eigenvalue weighted by atomic mass is 16.6. The van der Waals surface area contributed by atoms with Crippen LogP contribution in [-0.4, -0.2) is 52.3 Å². The lowest BCUT2D eigenvalue weighted by molar-refractivity contribution is -0.136. The fourth-order valence-electron chi connectivity index (χ4n) is 3.24. The molecule has 0 atom stereocenters. The first-order valence-electron chi connectivity index (χ1n) is 10.4. The molecule has 36 heavy (non-hydrogen) atoms. The van der Waals surface area contributed by atoms with Crippen LogP contribution in [0, 0.1) is 0 Å². The third kappa shape index (κ3) is 5.98. The predicted octanol–water partition coefficient (Wildman–Crippen LogP) is 3.28. The Morgan fingerprint density at radius 1 is 0.528 bits per heavy atom. The number of esters is 4. The van der Waals surface area contributed by atoms with Crippen molar-refractivity contribution in [2.45, 2.75) is 0 Å². The Morgan fingerprint density at radius 2 is 0.889 bits per heavy atom. The van der Waals surface area contributed by atoms with Gasteiger partial charge in [-0.15, -0.1) is 0 Å². The highest BCUT2D eigenvalue weighted by molar-refractivity contribution is 6.10. The quantitative estimate of drug-likeness (QED) is 0.199. The van der Waals surface area contributed by atoms with Gasteiger partial charge in [-0.2, -0.15) is 0 Å². The fourth-order valence-corrected chi connectivity index (χ4v) is 3.24. The van der Waals surface area contributed by atoms with Crippen molar-refractivity contribution in [1.29, 1.82) is 0 Å². The van der Waals surface area contributed by atoms with Gasteiger partial charge in [-0.05, 0) is 45.8 Å². The van der Waals surface area contributed by atoms with Gasteiger partial charge in [0.2, 0.25) is 0 Å². The molecular formula is C26H22O10. The van der Waals surface area contributed by atoms with E-state index in [-0.39, 0.29) is 23.0 Å². The van der Waals surface area contributed by atoms with E-state index in [1.165, 1.54) is 28.4 Å². The van der Waals surface area contributed by atoms with Gasteiger partial charge in [-0.25, -0.2) is 19.2 Å². The lowest BCUT2D eigenvalue weighted by atomic mass is 10.0. The zero-order chi connectivity index (χ0) is 26.2. The van der Waals surface area contributed by atoms with E-state index in [0.717, 1.165) is 35.1 Å². The summed E-state index contributed by atoms with van der Waals surface area (Å²) in [6.45, 7) is 0. The van der Waals surface area contributed by atoms with Crippen LogP contribution in [0.4, 0.5) is 0 Å². The van der Waals surface area contributed by atoms with Crippen LogP contribution < -0.4 is 18.9 Å². The van der Waals surface area contributed by atoms with Crippen LogP contribution in [0.2, 0.25) is 0 Å². The summed E-state index contributed by atoms with van der Waals surface area (Å²) in [7, 11) is 5.22. The maximum atomic E-state index is 12.2. The molecule has 0 amide bonds. The Labute approximate surface area is 205 Å². The lowest BCUT2D eigenvalue weighted by Crippen LogP contribution is -2.07. The molecule has 0 unspecified atom stereocenters. The van der Waals surface area contributed by atoms with Crippen molar-refractivity contribution in [3.63, 3.8) is 0 Å². The van der Waals surface area contributed by atoms with Gasteiger partial charge in [-0.3, -0.25) is 0 Å². The molecule has 0 aliphatic rings. The molecule has 0 radical (unpaired) electrons. The molecule has 10 heteroatoms. The van der Waals surface area contributed by atoms with E-state index in [2.05, 4.69) is 9.47 Å². The second-order valence-corrected chi connectivity index (χ2v) is 7.07. The minimum atomic E-state index is -0.813. The summed E-state index contributed by atoms with van der Waals surface area (Å²) >= 11 is 0. The van der Waals surface area contributed by atoms with E-state index in [0.29, 0.717) is 10.8 Å². The van der Waals surface area contributed by atoms with Crippen molar-refractivity contribution in [2.24, 2.45) is 0 Å². The van der Waals surface area contributed by atoms with Gasteiger partial charge in [0.05, 0.1) is 28.4 Å². The van der Waals surface area contributed by atoms with Crippen LogP contribution in [0.1, 0.15) is 0 Å². The van der Waals surface area contributed by atoms with E-state index in [1.54, 1.807) is 24.3 Å². The molecule has 0 N–H and O–H groups in total. The highest BCUT2D eigenvalue weighted by Gasteiger charge is 2.16. The number of carbonyl (C=O) groups excluding carboxylic acids is 4. The topological polar surface area (TPSA) is 124 Å². The van der Waals surface area contributed by atoms with Crippen LogP contribution >= 0.6 is 0 Å². The molecule has 0 spiro atoms. The predicted molar refractivity (Wildman–Crippen MR) is 128 cm³/mol. The molecule has 3 rings (SSSR count). The maximum Gasteiger partial charge on any atom is 0.336 e. The van der Waals surface area contributed by atoms with E-state index in [1.807, 2.05) is 12.1 Å². The first kappa shape index (κ1) is 25.8. The zero-order valence-electron chi connectivity index (χ0n) is 19.9. The van der Waals surface area contributed by atoms with Gasteiger partial charge >= 0.3 is 23.9 Å². The minimum absolute atomic E-state index is 0.104. The Balaban J connectivity index is 2.07. The minimum Gasteiger partial charge on any atom is -0.493 e. The van der Waals surface area contributed by atoms with Gasteiger partial charge in [-0.1, -0.05) is 12.1 Å². The number of rotatable bonds is 8. The number of hydrogen-bond acceptors (Lipinski definition) is 10. The Bertz CT molecular complexity index is 1290. The molecule has 0 saturated heterocycles. The maximum absolute atomic E-state index is 12.2. The number of fused-ring (bicyclic) bond motifs is 3. The van der Waals surface area contributed by atoms with Crippen LogP contribution in [0.15, 0.2) is 60.7 Å². The van der Waals surface area contributed by atoms with Crippen molar-refractivity contribution in [2.75, 3.05) is 28.4 Å². The van der Waals surface area contributed by atoms with Gasteiger partial charge in [0.25, 0.3) is 0 Å². The van der Waals surface area contributed by atoms with E-state index < -0.39 is 23.9 Å². The van der Waals surface area contributed by atoms with Crippen LogP contribution in [-0.2, 0) is 28.7 Å². The number of benzene rings is 3. The molecule has 0 heterocycles. The molecule has 0 bridgehead atoms. The molecule has 10 nitrogen and oxygen atoms in total. The molecule has 0 aromatic heterocycles. The largest absolute Gasteiger partial charge is 0.493 e. The standard InChI is InChI=1S/C26H22O10/c1-31-19-11-15-5-6-16-12-20(32-2)22(36-26(30)10-8-24(28)34-4)14-18(16)17(15)13-21(19)35-25(29)9-7-23(27)33-3/h5-14H,1-4H3/b9-7-,10-8-. The van der Waals surface area contributed by atoms with Gasteiger partial charge in [0.15, 0.2) is 23.0 Å². The number of methoxy groups -OCH3 is 4. The van der Waals surface area contributed by atoms with Crippen LogP contribution in [0.25, 0.3) is 21.5 Å². The Kier molecular flexibility index (Phi) is 8.24. The lowest BCUT2D eigenvalue weighted by Gasteiger charge is -2.14. The molecule has 0 aliphatic carbocycles. The van der Waals surface area contributed by atoms with Crippen molar-refractivity contribution in [1.82, 2.24) is 0 Å². The summed E-state index contributed by atoms with van der Waals surface area (Å²) in [6, 6.07) is 10.2. The highest BCUT2D eigenvalue weighted by Crippen LogP contribution is 2.40. The van der Waals surface area contributed by atoms with Gasteiger partial charge in [0, 0.05) is 24.3 Å². The van der Waals surface area contributed by atoms with Crippen LogP contribution in [0.3, 0.4) is 0 Å². The van der Waals surface area contributed by atoms with Crippen LogP contribution in [0.5, 0.6) is 23.0 Å². The van der Waals surface area contributed by atoms with E-state index in [9.17, 15) is 19.2 Å². The van der Waals surface area contributed by atoms with Crippen molar-refractivity contribution in [3.8, 4) is 23.0 Å². The normalized spacial score (nSPS) is 11.0. The number of carbonyl (C=O) groups is 4. The number of hydrogen-bond donors (Lipinski definition) is 0. The van der Waals surface area contributed by atoms with Crippen molar-refractivity contribution >= 4 is 45.4 Å². The smallest absolute Gasteiger partial charge is 0.336 e. The summed E-state index contributed by atoms with van der Waals surface area (Å²) in [5.41, 5.74) is 0. The Morgan fingerprint density at radius 3 is 1.22 bits per heavy atom. The summed E-state index contributed by atoms with van der Waals surface area (Å²) in [4.78, 5) is 46.9. The molecule has 0 saturated carbocycles. The average molecular weight is 494 g/mol. The summed E-state index contributed by atoms with van der Waals surface area (Å²) in [5.74, 6) is -2.26. The SMILES string of the molecule is COC(=O)/C=C\C(=O)Oc1cc2c(ccc3cc(OC)c(OC(=O)/C=C\C(=O)OC)cc32)cc1OC. The molecule has 186 valence electrons. The summed E-state index contributed by atoms with van der Waals surface area (Å²) < 4.78 is 30.4. The molecule has 0 fully saturated rings.